The molecule has 0 saturated carbocycles. The Morgan fingerprint density at radius 2 is 2.33 bits per heavy atom. The Morgan fingerprint density at radius 3 is 3.25 bits per heavy atom. The summed E-state index contributed by atoms with van der Waals surface area (Å²) in [7, 11) is 0. The Kier molecular flexibility index (Phi) is 1.07. The first-order valence-electron chi connectivity index (χ1n) is 3.88. The fraction of sp³-hybridized carbons (Fsp3) is 0.111. The Bertz CT molecular complexity index is 387. The van der Waals surface area contributed by atoms with E-state index in [1.165, 1.54) is 16.3 Å². The molecule has 0 spiro atoms. The van der Waals surface area contributed by atoms with Crippen LogP contribution in [-0.2, 0) is 0 Å². The molecule has 3 heterocycles. The van der Waals surface area contributed by atoms with Crippen LogP contribution in [0.25, 0.3) is 5.00 Å². The van der Waals surface area contributed by atoms with Crippen molar-refractivity contribution in [1.29, 1.82) is 0 Å². The average Bonchev–Trinajstić information content (AvgIpc) is 2.72. The van der Waals surface area contributed by atoms with Gasteiger partial charge in [-0.2, -0.15) is 0 Å². The largest absolute Gasteiger partial charge is 0.319 e. The van der Waals surface area contributed by atoms with E-state index in [0.717, 1.165) is 0 Å². The molecule has 3 rings (SSSR count). The summed E-state index contributed by atoms with van der Waals surface area (Å²) in [5.74, 6) is 0. The zero-order valence-electron chi connectivity index (χ0n) is 6.40. The Morgan fingerprint density at radius 1 is 1.42 bits per heavy atom. The second kappa shape index (κ2) is 2.00. The van der Waals surface area contributed by atoms with Gasteiger partial charge in [-0.15, -0.1) is 11.3 Å². The van der Waals surface area contributed by atoms with Crippen LogP contribution in [-0.4, -0.2) is 4.57 Å². The highest BCUT2D eigenvalue weighted by molar-refractivity contribution is 7.12. The van der Waals surface area contributed by atoms with Crippen molar-refractivity contribution in [3.8, 4) is 5.00 Å². The van der Waals surface area contributed by atoms with Gasteiger partial charge in [0, 0.05) is 17.5 Å². The van der Waals surface area contributed by atoms with Gasteiger partial charge >= 0.3 is 0 Å². The molecule has 1 aliphatic heterocycles. The molecule has 1 atom stereocenters. The maximum atomic E-state index is 6.03. The predicted octanol–water partition coefficient (Wildman–Crippen LogP) is 1.90. The van der Waals surface area contributed by atoms with E-state index in [1.54, 1.807) is 11.3 Å². The summed E-state index contributed by atoms with van der Waals surface area (Å²) in [4.78, 5) is 0. The lowest BCUT2D eigenvalue weighted by atomic mass is 10.1. The lowest BCUT2D eigenvalue weighted by molar-refractivity contribution is 0.865. The first-order valence-corrected chi connectivity index (χ1v) is 4.76. The van der Waals surface area contributed by atoms with Crippen LogP contribution >= 0.6 is 11.3 Å². The Labute approximate surface area is 74.2 Å². The van der Waals surface area contributed by atoms with E-state index in [9.17, 15) is 0 Å². The molecule has 2 aromatic rings. The molecule has 0 aromatic carbocycles. The van der Waals surface area contributed by atoms with Crippen LogP contribution in [0.3, 0.4) is 0 Å². The predicted molar refractivity (Wildman–Crippen MR) is 49.7 cm³/mol. The third-order valence-corrected chi connectivity index (χ3v) is 3.25. The molecule has 2 N–H and O–H groups in total. The molecular formula is C9H8N2S. The van der Waals surface area contributed by atoms with Gasteiger partial charge in [-0.1, -0.05) is 0 Å². The standard InChI is InChI=1S/C9H8N2S/c10-8-6-3-5-12-9(6)11-4-1-2-7(8)11/h1-5,8H,10H2. The summed E-state index contributed by atoms with van der Waals surface area (Å²) in [5, 5.41) is 3.37. The maximum Gasteiger partial charge on any atom is 0.104 e. The van der Waals surface area contributed by atoms with Crippen LogP contribution in [0.15, 0.2) is 29.8 Å². The van der Waals surface area contributed by atoms with Crippen LogP contribution < -0.4 is 5.73 Å². The molecule has 3 heteroatoms. The van der Waals surface area contributed by atoms with Gasteiger partial charge in [0.15, 0.2) is 0 Å². The SMILES string of the molecule is NC1c2ccsc2-n2cccc21. The normalized spacial score (nSPS) is 19.2. The molecule has 0 radical (unpaired) electrons. The number of nitrogens with two attached hydrogens (primary N) is 1. The van der Waals surface area contributed by atoms with Gasteiger partial charge in [0.25, 0.3) is 0 Å². The molecular weight excluding hydrogens is 168 g/mol. The van der Waals surface area contributed by atoms with Crippen LogP contribution in [0.5, 0.6) is 0 Å². The van der Waals surface area contributed by atoms with Gasteiger partial charge in [0.2, 0.25) is 0 Å². The van der Waals surface area contributed by atoms with Crippen molar-refractivity contribution in [3.63, 3.8) is 0 Å². The molecule has 0 bridgehead atoms. The Hall–Kier alpha value is -1.06. The number of hydrogen-bond donors (Lipinski definition) is 1. The van der Waals surface area contributed by atoms with Gasteiger partial charge < -0.3 is 10.3 Å². The third-order valence-electron chi connectivity index (χ3n) is 2.33. The summed E-state index contributed by atoms with van der Waals surface area (Å²) in [6, 6.07) is 6.31. The van der Waals surface area contributed by atoms with Crippen molar-refractivity contribution in [2.75, 3.05) is 0 Å². The number of aromatic nitrogens is 1. The van der Waals surface area contributed by atoms with Crippen LogP contribution in [0, 0.1) is 0 Å². The van der Waals surface area contributed by atoms with Crippen LogP contribution in [0.2, 0.25) is 0 Å². The van der Waals surface area contributed by atoms with Gasteiger partial charge in [-0.3, -0.25) is 0 Å². The molecule has 0 amide bonds. The van der Waals surface area contributed by atoms with Crippen molar-refractivity contribution >= 4 is 11.3 Å². The Balaban J connectivity index is 2.39. The minimum Gasteiger partial charge on any atom is -0.319 e. The van der Waals surface area contributed by atoms with E-state index in [-0.39, 0.29) is 6.04 Å². The third kappa shape index (κ3) is 0.589. The van der Waals surface area contributed by atoms with Crippen molar-refractivity contribution in [2.45, 2.75) is 6.04 Å². The quantitative estimate of drug-likeness (QED) is 0.653. The molecule has 2 nitrogen and oxygen atoms in total. The zero-order valence-corrected chi connectivity index (χ0v) is 7.21. The number of hydrogen-bond acceptors (Lipinski definition) is 2. The first kappa shape index (κ1) is 6.46. The lowest BCUT2D eigenvalue weighted by Crippen LogP contribution is -2.07. The zero-order chi connectivity index (χ0) is 8.13. The molecule has 0 fully saturated rings. The number of thiophene rings is 1. The van der Waals surface area contributed by atoms with Crippen molar-refractivity contribution in [2.24, 2.45) is 5.73 Å². The topological polar surface area (TPSA) is 30.9 Å². The van der Waals surface area contributed by atoms with E-state index < -0.39 is 0 Å². The molecule has 1 unspecified atom stereocenters. The molecule has 12 heavy (non-hydrogen) atoms. The smallest absolute Gasteiger partial charge is 0.104 e. The van der Waals surface area contributed by atoms with Crippen LogP contribution in [0.4, 0.5) is 0 Å². The number of nitrogens with zero attached hydrogens (tertiary/aromatic N) is 1. The summed E-state index contributed by atoms with van der Waals surface area (Å²) >= 11 is 1.75. The summed E-state index contributed by atoms with van der Waals surface area (Å²) in [6.45, 7) is 0. The summed E-state index contributed by atoms with van der Waals surface area (Å²) in [6.07, 6.45) is 2.07. The second-order valence-electron chi connectivity index (χ2n) is 2.96. The highest BCUT2D eigenvalue weighted by Crippen LogP contribution is 2.37. The van der Waals surface area contributed by atoms with Crippen molar-refractivity contribution < 1.29 is 0 Å². The van der Waals surface area contributed by atoms with E-state index in [0.29, 0.717) is 0 Å². The van der Waals surface area contributed by atoms with Gasteiger partial charge in [-0.05, 0) is 23.6 Å². The van der Waals surface area contributed by atoms with E-state index in [2.05, 4.69) is 28.3 Å². The number of rotatable bonds is 0. The molecule has 1 aliphatic rings. The van der Waals surface area contributed by atoms with E-state index in [1.807, 2.05) is 6.07 Å². The average molecular weight is 176 g/mol. The monoisotopic (exact) mass is 176 g/mol. The second-order valence-corrected chi connectivity index (χ2v) is 3.86. The molecule has 60 valence electrons. The van der Waals surface area contributed by atoms with E-state index >= 15 is 0 Å². The van der Waals surface area contributed by atoms with Crippen molar-refractivity contribution in [1.82, 2.24) is 4.57 Å². The van der Waals surface area contributed by atoms with Crippen molar-refractivity contribution in [3.05, 3.63) is 41.0 Å². The van der Waals surface area contributed by atoms with Gasteiger partial charge in [0.05, 0.1) is 6.04 Å². The highest BCUT2D eigenvalue weighted by Gasteiger charge is 2.25. The highest BCUT2D eigenvalue weighted by atomic mass is 32.1. The van der Waals surface area contributed by atoms with E-state index in [4.69, 9.17) is 5.73 Å². The molecule has 0 aliphatic carbocycles. The summed E-state index contributed by atoms with van der Waals surface area (Å²) in [5.41, 5.74) is 8.50. The summed E-state index contributed by atoms with van der Waals surface area (Å²) < 4.78 is 2.17. The number of fused-ring (bicyclic) bond motifs is 3. The van der Waals surface area contributed by atoms with Gasteiger partial charge in [-0.25, -0.2) is 0 Å². The minimum atomic E-state index is 0.0845. The minimum absolute atomic E-state index is 0.0845. The maximum absolute atomic E-state index is 6.03. The first-order chi connectivity index (χ1) is 5.88. The lowest BCUT2D eigenvalue weighted by Gasteiger charge is -2.00. The fourth-order valence-corrected chi connectivity index (χ4v) is 2.69. The molecule has 0 saturated heterocycles. The fourth-order valence-electron chi connectivity index (χ4n) is 1.74. The van der Waals surface area contributed by atoms with Crippen LogP contribution in [0.1, 0.15) is 17.3 Å². The molecule has 2 aromatic heterocycles. The van der Waals surface area contributed by atoms with Gasteiger partial charge in [0.1, 0.15) is 5.00 Å².